The number of carbonyl (C=O) groups is 2. The molecule has 0 saturated carbocycles. The number of para-hydroxylation sites is 1. The Balaban J connectivity index is 1.74. The van der Waals surface area contributed by atoms with Gasteiger partial charge in [0.05, 0.1) is 18.6 Å². The van der Waals surface area contributed by atoms with Crippen molar-refractivity contribution < 1.29 is 24.2 Å². The van der Waals surface area contributed by atoms with Crippen molar-refractivity contribution in [2.45, 2.75) is 18.3 Å². The van der Waals surface area contributed by atoms with Gasteiger partial charge in [0.2, 0.25) is 5.91 Å². The molecule has 30 heavy (non-hydrogen) atoms. The van der Waals surface area contributed by atoms with Gasteiger partial charge >= 0.3 is 0 Å². The van der Waals surface area contributed by atoms with E-state index in [2.05, 4.69) is 15.5 Å². The number of carbonyl (C=O) groups excluding carboxylic acids is 2. The molecule has 2 aromatic carbocycles. The molecule has 1 saturated heterocycles. The van der Waals surface area contributed by atoms with Crippen LogP contribution in [0.4, 0.5) is 0 Å². The van der Waals surface area contributed by atoms with E-state index >= 15 is 0 Å². The minimum Gasteiger partial charge on any atom is -0.550 e. The van der Waals surface area contributed by atoms with Gasteiger partial charge in [-0.15, -0.1) is 5.10 Å². The Morgan fingerprint density at radius 2 is 2.13 bits per heavy atom. The molecule has 1 heterocycles. The van der Waals surface area contributed by atoms with Gasteiger partial charge in [-0.05, 0) is 29.8 Å². The van der Waals surface area contributed by atoms with Gasteiger partial charge in [0.15, 0.2) is 16.7 Å². The number of hydrogen-bond donors (Lipinski definition) is 1. The van der Waals surface area contributed by atoms with Gasteiger partial charge in [-0.2, -0.15) is 5.10 Å². The Hall–Kier alpha value is -3.04. The molecular weight excluding hydrogens is 430 g/mol. The lowest BCUT2D eigenvalue weighted by Crippen LogP contribution is -2.31. The largest absolute Gasteiger partial charge is 0.550 e. The average molecular weight is 447 g/mol. The Labute approximate surface area is 181 Å². The highest BCUT2D eigenvalue weighted by atomic mass is 35.5. The zero-order valence-corrected chi connectivity index (χ0v) is 17.4. The quantitative estimate of drug-likeness (QED) is 0.490. The molecule has 0 aliphatic carbocycles. The van der Waals surface area contributed by atoms with Crippen molar-refractivity contribution in [3.63, 3.8) is 0 Å². The molecule has 0 spiro atoms. The summed E-state index contributed by atoms with van der Waals surface area (Å²) in [6, 6.07) is 12.6. The number of methoxy groups -OCH3 is 1. The number of halogens is 1. The van der Waals surface area contributed by atoms with Crippen LogP contribution in [0.2, 0.25) is 5.02 Å². The maximum absolute atomic E-state index is 11.7. The molecule has 2 aromatic rings. The molecule has 0 bridgehead atoms. The summed E-state index contributed by atoms with van der Waals surface area (Å²) in [7, 11) is 1.53. The van der Waals surface area contributed by atoms with E-state index in [0.717, 1.165) is 17.3 Å². The lowest BCUT2D eigenvalue weighted by Gasteiger charge is -2.13. The molecule has 0 aromatic heterocycles. The van der Waals surface area contributed by atoms with Crippen molar-refractivity contribution >= 4 is 46.6 Å². The normalized spacial score (nSPS) is 17.3. The van der Waals surface area contributed by atoms with Gasteiger partial charge in [-0.3, -0.25) is 4.79 Å². The van der Waals surface area contributed by atoms with Crippen LogP contribution in [0.25, 0.3) is 0 Å². The number of amidine groups is 1. The second kappa shape index (κ2) is 10.1. The van der Waals surface area contributed by atoms with Crippen LogP contribution < -0.4 is 19.9 Å². The van der Waals surface area contributed by atoms with Crippen molar-refractivity contribution in [2.75, 3.05) is 7.11 Å². The number of carboxylic acids is 1. The first-order valence-electron chi connectivity index (χ1n) is 8.79. The molecule has 1 aliphatic rings. The van der Waals surface area contributed by atoms with Crippen LogP contribution in [0.1, 0.15) is 17.5 Å². The maximum Gasteiger partial charge on any atom is 0.239 e. The molecule has 10 heteroatoms. The third-order valence-corrected chi connectivity index (χ3v) is 5.28. The molecule has 156 valence electrons. The lowest BCUT2D eigenvalue weighted by molar-refractivity contribution is -0.305. The van der Waals surface area contributed by atoms with Gasteiger partial charge < -0.3 is 24.7 Å². The summed E-state index contributed by atoms with van der Waals surface area (Å²) in [4.78, 5) is 22.4. The third kappa shape index (κ3) is 5.74. The van der Waals surface area contributed by atoms with E-state index < -0.39 is 23.5 Å². The number of rotatable bonds is 8. The van der Waals surface area contributed by atoms with Crippen molar-refractivity contribution in [1.29, 1.82) is 0 Å². The first-order chi connectivity index (χ1) is 14.5. The van der Waals surface area contributed by atoms with Crippen LogP contribution in [0.15, 0.2) is 52.7 Å². The number of hydrogen-bond acceptors (Lipinski definition) is 8. The van der Waals surface area contributed by atoms with E-state index in [9.17, 15) is 14.7 Å². The Morgan fingerprint density at radius 1 is 1.33 bits per heavy atom. The van der Waals surface area contributed by atoms with Gasteiger partial charge in [-0.1, -0.05) is 41.6 Å². The number of ether oxygens (including phenoxy) is 2. The highest BCUT2D eigenvalue weighted by Gasteiger charge is 2.30. The molecule has 3 rings (SSSR count). The number of benzene rings is 2. The Morgan fingerprint density at radius 3 is 2.87 bits per heavy atom. The molecule has 1 aliphatic heterocycles. The van der Waals surface area contributed by atoms with Crippen LogP contribution in [0, 0.1) is 0 Å². The zero-order valence-electron chi connectivity index (χ0n) is 15.8. The van der Waals surface area contributed by atoms with Gasteiger partial charge in [-0.25, -0.2) is 0 Å². The van der Waals surface area contributed by atoms with Crippen molar-refractivity contribution in [1.82, 2.24) is 5.32 Å². The predicted molar refractivity (Wildman–Crippen MR) is 113 cm³/mol. The molecule has 8 nitrogen and oxygen atoms in total. The molecule has 1 amide bonds. The summed E-state index contributed by atoms with van der Waals surface area (Å²) in [5, 5.41) is 21.1. The SMILES string of the molecule is COc1cccc(/C=N\N=C2/NC(=O)[C@H](CC(=O)[O-])S2)c1OCc1cccc(Cl)c1. The van der Waals surface area contributed by atoms with E-state index in [1.807, 2.05) is 12.1 Å². The van der Waals surface area contributed by atoms with Crippen molar-refractivity contribution in [2.24, 2.45) is 10.2 Å². The summed E-state index contributed by atoms with van der Waals surface area (Å²) < 4.78 is 11.3. The predicted octanol–water partition coefficient (Wildman–Crippen LogP) is 1.99. The van der Waals surface area contributed by atoms with E-state index in [0.29, 0.717) is 22.1 Å². The van der Waals surface area contributed by atoms with E-state index in [4.69, 9.17) is 21.1 Å². The summed E-state index contributed by atoms with van der Waals surface area (Å²) >= 11 is 7.00. The van der Waals surface area contributed by atoms with Crippen LogP contribution in [0.3, 0.4) is 0 Å². The standard InChI is InChI=1S/C20H18ClN3O5S/c1-28-15-7-3-5-13(18(15)29-11-12-4-2-6-14(21)8-12)10-22-24-20-23-19(27)16(30-20)9-17(25)26/h2-8,10,16H,9,11H2,1H3,(H,25,26)(H,23,24,27)/p-1/b22-10-/t16-/m0/s1. The fraction of sp³-hybridized carbons (Fsp3) is 0.200. The third-order valence-electron chi connectivity index (χ3n) is 3.98. The minimum absolute atomic E-state index is 0.215. The fourth-order valence-corrected chi connectivity index (χ4v) is 3.73. The molecule has 1 fully saturated rings. The van der Waals surface area contributed by atoms with E-state index in [1.54, 1.807) is 30.3 Å². The highest BCUT2D eigenvalue weighted by molar-refractivity contribution is 8.15. The van der Waals surface area contributed by atoms with Crippen molar-refractivity contribution in [3.05, 3.63) is 58.6 Å². The smallest absolute Gasteiger partial charge is 0.239 e. The lowest BCUT2D eigenvalue weighted by atomic mass is 10.2. The van der Waals surface area contributed by atoms with E-state index in [1.165, 1.54) is 13.3 Å². The molecule has 1 N–H and O–H groups in total. The highest BCUT2D eigenvalue weighted by Crippen LogP contribution is 2.31. The fourth-order valence-electron chi connectivity index (χ4n) is 2.61. The number of amides is 1. The summed E-state index contributed by atoms with van der Waals surface area (Å²) in [5.74, 6) is -0.747. The number of aliphatic carboxylic acids is 1. The number of nitrogens with zero attached hydrogens (tertiary/aromatic N) is 2. The first kappa shape index (κ1) is 21.7. The van der Waals surface area contributed by atoms with Gasteiger partial charge in [0.1, 0.15) is 6.61 Å². The minimum atomic E-state index is -1.30. The summed E-state index contributed by atoms with van der Waals surface area (Å²) in [6.07, 6.45) is 1.07. The molecular formula is C20H17ClN3O5S-. The molecule has 1 atom stereocenters. The maximum atomic E-state index is 11.7. The Kier molecular flexibility index (Phi) is 7.31. The van der Waals surface area contributed by atoms with Crippen molar-refractivity contribution in [3.8, 4) is 11.5 Å². The van der Waals surface area contributed by atoms with E-state index in [-0.39, 0.29) is 11.8 Å². The average Bonchev–Trinajstić information content (AvgIpc) is 3.05. The number of nitrogens with one attached hydrogen (secondary N) is 1. The zero-order chi connectivity index (χ0) is 21.5. The van der Waals surface area contributed by atoms with Crippen LogP contribution >= 0.6 is 23.4 Å². The Bertz CT molecular complexity index is 1010. The monoisotopic (exact) mass is 446 g/mol. The second-order valence-electron chi connectivity index (χ2n) is 6.12. The van der Waals surface area contributed by atoms with Crippen LogP contribution in [0.5, 0.6) is 11.5 Å². The summed E-state index contributed by atoms with van der Waals surface area (Å²) in [5.41, 5.74) is 1.50. The number of thioether (sulfide) groups is 1. The van der Waals surface area contributed by atoms with Gasteiger partial charge in [0.25, 0.3) is 0 Å². The molecule has 0 unspecified atom stereocenters. The van der Waals surface area contributed by atoms with Gasteiger partial charge in [0, 0.05) is 23.0 Å². The number of carboxylic acid groups (broad SMARTS) is 1. The second-order valence-corrected chi connectivity index (χ2v) is 7.75. The summed E-state index contributed by atoms with van der Waals surface area (Å²) in [6.45, 7) is 0.271. The first-order valence-corrected chi connectivity index (χ1v) is 10.0. The topological polar surface area (TPSA) is 112 Å². The molecule has 0 radical (unpaired) electrons. The van der Waals surface area contributed by atoms with Crippen LogP contribution in [-0.2, 0) is 16.2 Å². The van der Waals surface area contributed by atoms with Crippen LogP contribution in [-0.4, -0.2) is 35.6 Å².